The van der Waals surface area contributed by atoms with Crippen molar-refractivity contribution < 1.29 is 4.52 Å². The van der Waals surface area contributed by atoms with Crippen LogP contribution in [-0.4, -0.2) is 15.1 Å². The van der Waals surface area contributed by atoms with Crippen molar-refractivity contribution in [3.8, 4) is 11.5 Å². The molecule has 5 nitrogen and oxygen atoms in total. The van der Waals surface area contributed by atoms with Crippen molar-refractivity contribution >= 4 is 0 Å². The molecule has 18 heavy (non-hydrogen) atoms. The predicted octanol–water partition coefficient (Wildman–Crippen LogP) is 2.49. The molecule has 0 saturated heterocycles. The second kappa shape index (κ2) is 5.27. The Morgan fingerprint density at radius 2 is 2.17 bits per heavy atom. The zero-order chi connectivity index (χ0) is 13.1. The predicted molar refractivity (Wildman–Crippen MR) is 68.6 cm³/mol. The molecule has 0 saturated carbocycles. The van der Waals surface area contributed by atoms with Gasteiger partial charge in [-0.2, -0.15) is 4.98 Å². The van der Waals surface area contributed by atoms with Gasteiger partial charge in [0.05, 0.1) is 6.04 Å². The van der Waals surface area contributed by atoms with Gasteiger partial charge in [-0.3, -0.25) is 4.98 Å². The van der Waals surface area contributed by atoms with Crippen LogP contribution < -0.4 is 5.73 Å². The highest BCUT2D eigenvalue weighted by atomic mass is 16.5. The van der Waals surface area contributed by atoms with Crippen LogP contribution in [0.2, 0.25) is 0 Å². The summed E-state index contributed by atoms with van der Waals surface area (Å²) in [5.74, 6) is 1.46. The van der Waals surface area contributed by atoms with E-state index < -0.39 is 0 Å². The van der Waals surface area contributed by atoms with Gasteiger partial charge in [0.1, 0.15) is 5.69 Å². The van der Waals surface area contributed by atoms with E-state index >= 15 is 0 Å². The maximum absolute atomic E-state index is 6.00. The largest absolute Gasteiger partial charge is 0.337 e. The van der Waals surface area contributed by atoms with Gasteiger partial charge in [-0.15, -0.1) is 0 Å². The lowest BCUT2D eigenvalue weighted by Gasteiger charge is -2.08. The van der Waals surface area contributed by atoms with Crippen LogP contribution in [0.15, 0.2) is 22.9 Å². The van der Waals surface area contributed by atoms with Gasteiger partial charge in [-0.05, 0) is 37.0 Å². The zero-order valence-electron chi connectivity index (χ0n) is 10.9. The summed E-state index contributed by atoms with van der Waals surface area (Å²) >= 11 is 0. The zero-order valence-corrected chi connectivity index (χ0v) is 10.9. The Morgan fingerprint density at radius 3 is 2.83 bits per heavy atom. The summed E-state index contributed by atoms with van der Waals surface area (Å²) in [5.41, 5.74) is 7.82. The van der Waals surface area contributed by atoms with Crippen LogP contribution in [-0.2, 0) is 0 Å². The highest BCUT2D eigenvalue weighted by Crippen LogP contribution is 2.20. The first-order valence-electron chi connectivity index (χ1n) is 6.08. The molecule has 0 radical (unpaired) electrons. The average Bonchev–Trinajstić information content (AvgIpc) is 2.77. The third kappa shape index (κ3) is 2.92. The summed E-state index contributed by atoms with van der Waals surface area (Å²) in [6.07, 6.45) is 2.55. The summed E-state index contributed by atoms with van der Waals surface area (Å²) in [5, 5.41) is 3.93. The molecule has 0 aromatic carbocycles. The number of rotatable bonds is 4. The fourth-order valence-corrected chi connectivity index (χ4v) is 1.76. The topological polar surface area (TPSA) is 77.8 Å². The van der Waals surface area contributed by atoms with E-state index in [1.165, 1.54) is 0 Å². The van der Waals surface area contributed by atoms with E-state index in [2.05, 4.69) is 29.0 Å². The Kier molecular flexibility index (Phi) is 3.72. The van der Waals surface area contributed by atoms with Gasteiger partial charge in [0.25, 0.3) is 0 Å². The molecule has 0 aliphatic rings. The van der Waals surface area contributed by atoms with Crippen LogP contribution in [0.5, 0.6) is 0 Å². The number of nitrogens with zero attached hydrogens (tertiary/aromatic N) is 3. The van der Waals surface area contributed by atoms with Crippen molar-refractivity contribution in [3.05, 3.63) is 29.8 Å². The number of aromatic nitrogens is 3. The van der Waals surface area contributed by atoms with Crippen LogP contribution in [0.3, 0.4) is 0 Å². The normalized spacial score (nSPS) is 12.9. The van der Waals surface area contributed by atoms with E-state index in [1.807, 2.05) is 19.1 Å². The van der Waals surface area contributed by atoms with Gasteiger partial charge >= 0.3 is 0 Å². The first-order chi connectivity index (χ1) is 8.56. The number of pyridine rings is 1. The summed E-state index contributed by atoms with van der Waals surface area (Å²) < 4.78 is 5.20. The molecule has 5 heteroatoms. The van der Waals surface area contributed by atoms with Crippen LogP contribution in [0, 0.1) is 12.8 Å². The molecule has 2 aromatic rings. The van der Waals surface area contributed by atoms with Gasteiger partial charge in [0.15, 0.2) is 0 Å². The maximum Gasteiger partial charge on any atom is 0.243 e. The van der Waals surface area contributed by atoms with E-state index in [1.54, 1.807) is 6.20 Å². The van der Waals surface area contributed by atoms with Crippen LogP contribution in [0.1, 0.15) is 37.8 Å². The van der Waals surface area contributed by atoms with Gasteiger partial charge in [0, 0.05) is 6.20 Å². The van der Waals surface area contributed by atoms with Crippen molar-refractivity contribution in [2.75, 3.05) is 0 Å². The maximum atomic E-state index is 6.00. The lowest BCUT2D eigenvalue weighted by atomic mass is 10.0. The molecule has 0 bridgehead atoms. The second-order valence-corrected chi connectivity index (χ2v) is 4.91. The molecule has 0 fully saturated rings. The highest BCUT2D eigenvalue weighted by molar-refractivity contribution is 5.48. The van der Waals surface area contributed by atoms with Gasteiger partial charge in [-0.1, -0.05) is 19.0 Å². The fourth-order valence-electron chi connectivity index (χ4n) is 1.76. The van der Waals surface area contributed by atoms with Crippen molar-refractivity contribution in [2.24, 2.45) is 11.7 Å². The van der Waals surface area contributed by atoms with E-state index in [0.29, 0.717) is 23.3 Å². The molecule has 2 aromatic heterocycles. The monoisotopic (exact) mass is 246 g/mol. The van der Waals surface area contributed by atoms with Crippen molar-refractivity contribution in [1.82, 2.24) is 15.1 Å². The summed E-state index contributed by atoms with van der Waals surface area (Å²) in [6, 6.07) is 3.63. The van der Waals surface area contributed by atoms with Gasteiger partial charge < -0.3 is 10.3 Å². The van der Waals surface area contributed by atoms with Crippen LogP contribution in [0.4, 0.5) is 0 Å². The second-order valence-electron chi connectivity index (χ2n) is 4.91. The molecule has 0 spiro atoms. The molecule has 2 rings (SSSR count). The first kappa shape index (κ1) is 12.7. The van der Waals surface area contributed by atoms with Crippen LogP contribution >= 0.6 is 0 Å². The summed E-state index contributed by atoms with van der Waals surface area (Å²) in [6.45, 7) is 6.22. The van der Waals surface area contributed by atoms with E-state index in [9.17, 15) is 0 Å². The number of nitrogens with two attached hydrogens (primary N) is 1. The average molecular weight is 246 g/mol. The van der Waals surface area contributed by atoms with Crippen molar-refractivity contribution in [3.63, 3.8) is 0 Å². The first-order valence-corrected chi connectivity index (χ1v) is 6.08. The summed E-state index contributed by atoms with van der Waals surface area (Å²) in [4.78, 5) is 8.53. The van der Waals surface area contributed by atoms with Crippen molar-refractivity contribution in [1.29, 1.82) is 0 Å². The minimum Gasteiger partial charge on any atom is -0.337 e. The molecule has 0 aliphatic heterocycles. The molecule has 96 valence electrons. The number of aryl methyl sites for hydroxylation is 1. The van der Waals surface area contributed by atoms with Crippen molar-refractivity contribution in [2.45, 2.75) is 33.2 Å². The standard InChI is InChI=1S/C13H18N4O/c1-8(2)6-10(14)13-16-12(17-18-13)11-7-9(3)4-5-15-11/h4-5,7-8,10H,6,14H2,1-3H3/t10-/m0/s1. The fraction of sp³-hybridized carbons (Fsp3) is 0.462. The number of hydrogen-bond donors (Lipinski definition) is 1. The summed E-state index contributed by atoms with van der Waals surface area (Å²) in [7, 11) is 0. The number of hydrogen-bond acceptors (Lipinski definition) is 5. The minimum atomic E-state index is -0.212. The highest BCUT2D eigenvalue weighted by Gasteiger charge is 2.17. The molecule has 2 heterocycles. The van der Waals surface area contributed by atoms with Gasteiger partial charge in [-0.25, -0.2) is 0 Å². The quantitative estimate of drug-likeness (QED) is 0.896. The molecule has 0 amide bonds. The smallest absolute Gasteiger partial charge is 0.243 e. The van der Waals surface area contributed by atoms with Crippen LogP contribution in [0.25, 0.3) is 11.5 Å². The molecular weight excluding hydrogens is 228 g/mol. The lowest BCUT2D eigenvalue weighted by Crippen LogP contribution is -2.13. The Morgan fingerprint density at radius 1 is 1.39 bits per heavy atom. The molecule has 1 atom stereocenters. The SMILES string of the molecule is Cc1ccnc(-c2noc([C@@H](N)CC(C)C)n2)c1. The minimum absolute atomic E-state index is 0.212. The third-order valence-corrected chi connectivity index (χ3v) is 2.63. The Bertz CT molecular complexity index is 521. The lowest BCUT2D eigenvalue weighted by molar-refractivity contribution is 0.335. The Balaban J connectivity index is 2.20. The molecule has 0 aliphatic carbocycles. The molecule has 2 N–H and O–H groups in total. The third-order valence-electron chi connectivity index (χ3n) is 2.63. The van der Waals surface area contributed by atoms with E-state index in [-0.39, 0.29) is 6.04 Å². The van der Waals surface area contributed by atoms with E-state index in [4.69, 9.17) is 10.3 Å². The van der Waals surface area contributed by atoms with Gasteiger partial charge in [0.2, 0.25) is 11.7 Å². The molecule has 0 unspecified atom stereocenters. The Hall–Kier alpha value is -1.75. The Labute approximate surface area is 106 Å². The molecular formula is C13H18N4O. The van der Waals surface area contributed by atoms with E-state index in [0.717, 1.165) is 12.0 Å².